The molecule has 3 fully saturated rings. The van der Waals surface area contributed by atoms with E-state index in [1.54, 1.807) is 0 Å². The Labute approximate surface area is 202 Å². The molecule has 184 valence electrons. The molecule has 13 heteroatoms. The molecule has 2 amide bonds. The van der Waals surface area contributed by atoms with E-state index in [-0.39, 0.29) is 61.0 Å². The van der Waals surface area contributed by atoms with E-state index in [4.69, 9.17) is 16.9 Å². The summed E-state index contributed by atoms with van der Waals surface area (Å²) < 4.78 is 42.2. The lowest BCUT2D eigenvalue weighted by atomic mass is 10.1. The standard InChI is InChI=1S/C21H26ClFN6O4S/c22-16-4-3-15(17(23)8-16)10-26-20(30)19-2-1-6-29(19)21(31)18-13-27(7-5-25-18)34(32,33)28-11-14(9-24)12-28/h3-4,8,14,18-19,25H,1-2,5-7,10-13H2,(H,26,30)/t18-,19+/m0/s1. The fraction of sp³-hybridized carbons (Fsp3) is 0.571. The summed E-state index contributed by atoms with van der Waals surface area (Å²) in [6, 6.07) is 4.76. The van der Waals surface area contributed by atoms with Crippen molar-refractivity contribution in [1.82, 2.24) is 24.1 Å². The smallest absolute Gasteiger partial charge is 0.282 e. The van der Waals surface area contributed by atoms with Crippen molar-refractivity contribution >= 4 is 33.6 Å². The Morgan fingerprint density at radius 3 is 2.71 bits per heavy atom. The molecule has 34 heavy (non-hydrogen) atoms. The number of rotatable bonds is 6. The van der Waals surface area contributed by atoms with Gasteiger partial charge in [0.25, 0.3) is 10.2 Å². The quantitative estimate of drug-likeness (QED) is 0.555. The van der Waals surface area contributed by atoms with Gasteiger partial charge in [-0.15, -0.1) is 0 Å². The molecule has 3 aliphatic heterocycles. The Kier molecular flexibility index (Phi) is 7.39. The van der Waals surface area contributed by atoms with E-state index in [9.17, 15) is 22.4 Å². The molecular formula is C21H26ClFN6O4S. The molecule has 0 aromatic heterocycles. The van der Waals surface area contributed by atoms with Gasteiger partial charge in [0, 0.05) is 56.4 Å². The van der Waals surface area contributed by atoms with Gasteiger partial charge in [-0.25, -0.2) is 4.39 Å². The lowest BCUT2D eigenvalue weighted by Crippen LogP contribution is -2.63. The van der Waals surface area contributed by atoms with Crippen LogP contribution in [-0.2, 0) is 26.3 Å². The summed E-state index contributed by atoms with van der Waals surface area (Å²) in [7, 11) is -3.75. The van der Waals surface area contributed by atoms with E-state index in [0.717, 1.165) is 0 Å². The topological polar surface area (TPSA) is 126 Å². The summed E-state index contributed by atoms with van der Waals surface area (Å²) in [5.41, 5.74) is 0.285. The summed E-state index contributed by atoms with van der Waals surface area (Å²) in [5.74, 6) is -1.55. The van der Waals surface area contributed by atoms with Crippen LogP contribution in [0.15, 0.2) is 18.2 Å². The fourth-order valence-electron chi connectivity index (χ4n) is 4.44. The lowest BCUT2D eigenvalue weighted by molar-refractivity contribution is -0.140. The fourth-order valence-corrected chi connectivity index (χ4v) is 6.32. The van der Waals surface area contributed by atoms with Gasteiger partial charge in [0.15, 0.2) is 0 Å². The van der Waals surface area contributed by atoms with Gasteiger partial charge >= 0.3 is 0 Å². The van der Waals surface area contributed by atoms with E-state index in [0.29, 0.717) is 25.9 Å². The molecule has 0 bridgehead atoms. The second kappa shape index (κ2) is 10.1. The van der Waals surface area contributed by atoms with Crippen molar-refractivity contribution in [2.45, 2.75) is 31.5 Å². The van der Waals surface area contributed by atoms with Crippen LogP contribution in [0.1, 0.15) is 18.4 Å². The molecule has 4 rings (SSSR count). The number of nitrogens with zero attached hydrogens (tertiary/aromatic N) is 4. The highest BCUT2D eigenvalue weighted by Gasteiger charge is 2.44. The van der Waals surface area contributed by atoms with E-state index in [1.165, 1.54) is 31.7 Å². The average molecular weight is 513 g/mol. The van der Waals surface area contributed by atoms with Gasteiger partial charge in [-0.3, -0.25) is 9.59 Å². The van der Waals surface area contributed by atoms with Crippen LogP contribution in [0.2, 0.25) is 5.02 Å². The molecule has 3 saturated heterocycles. The third kappa shape index (κ3) is 5.04. The second-order valence-corrected chi connectivity index (χ2v) is 11.0. The number of hydrogen-bond acceptors (Lipinski definition) is 6. The van der Waals surface area contributed by atoms with Crippen LogP contribution in [0.4, 0.5) is 4.39 Å². The van der Waals surface area contributed by atoms with Crippen molar-refractivity contribution in [1.29, 1.82) is 5.26 Å². The Morgan fingerprint density at radius 2 is 2.00 bits per heavy atom. The molecular weight excluding hydrogens is 487 g/mol. The van der Waals surface area contributed by atoms with Crippen LogP contribution in [0.25, 0.3) is 0 Å². The number of carbonyl (C=O) groups is 2. The molecule has 2 atom stereocenters. The maximum atomic E-state index is 14.0. The van der Waals surface area contributed by atoms with Crippen molar-refractivity contribution in [3.63, 3.8) is 0 Å². The highest BCUT2D eigenvalue weighted by Crippen LogP contribution is 2.24. The predicted octanol–water partition coefficient (Wildman–Crippen LogP) is 0.0603. The van der Waals surface area contributed by atoms with Crippen molar-refractivity contribution in [3.05, 3.63) is 34.6 Å². The zero-order valence-electron chi connectivity index (χ0n) is 18.4. The number of amides is 2. The largest absolute Gasteiger partial charge is 0.350 e. The molecule has 3 aliphatic rings. The molecule has 3 heterocycles. The van der Waals surface area contributed by atoms with Crippen LogP contribution >= 0.6 is 11.6 Å². The summed E-state index contributed by atoms with van der Waals surface area (Å²) in [6.45, 7) is 1.13. The van der Waals surface area contributed by atoms with Crippen molar-refractivity contribution in [3.8, 4) is 6.07 Å². The molecule has 1 aromatic rings. The maximum Gasteiger partial charge on any atom is 0.282 e. The summed E-state index contributed by atoms with van der Waals surface area (Å²) in [6.07, 6.45) is 1.11. The van der Waals surface area contributed by atoms with Crippen molar-refractivity contribution in [2.75, 3.05) is 39.3 Å². The van der Waals surface area contributed by atoms with Crippen LogP contribution in [0, 0.1) is 23.1 Å². The minimum atomic E-state index is -3.75. The zero-order valence-corrected chi connectivity index (χ0v) is 20.0. The maximum absolute atomic E-state index is 14.0. The molecule has 0 spiro atoms. The van der Waals surface area contributed by atoms with Gasteiger partial charge in [0.2, 0.25) is 11.8 Å². The number of nitrogens with one attached hydrogen (secondary N) is 2. The monoisotopic (exact) mass is 512 g/mol. The van der Waals surface area contributed by atoms with E-state index < -0.39 is 28.1 Å². The molecule has 10 nitrogen and oxygen atoms in total. The molecule has 0 aliphatic carbocycles. The van der Waals surface area contributed by atoms with Gasteiger partial charge in [-0.2, -0.15) is 22.3 Å². The number of nitriles is 1. The highest BCUT2D eigenvalue weighted by atomic mass is 35.5. The zero-order chi connectivity index (χ0) is 24.5. The van der Waals surface area contributed by atoms with Gasteiger partial charge in [0.1, 0.15) is 17.9 Å². The number of hydrogen-bond donors (Lipinski definition) is 2. The summed E-state index contributed by atoms with van der Waals surface area (Å²) in [4.78, 5) is 27.5. The summed E-state index contributed by atoms with van der Waals surface area (Å²) >= 11 is 5.76. The van der Waals surface area contributed by atoms with Crippen molar-refractivity contribution in [2.24, 2.45) is 5.92 Å². The normalized spacial score (nSPS) is 24.4. The second-order valence-electron chi connectivity index (χ2n) is 8.66. The third-order valence-electron chi connectivity index (χ3n) is 6.43. The first-order valence-electron chi connectivity index (χ1n) is 11.1. The molecule has 1 aromatic carbocycles. The number of halogens is 2. The first-order valence-corrected chi connectivity index (χ1v) is 12.9. The Hall–Kier alpha value is -2.30. The number of piperazine rings is 1. The van der Waals surface area contributed by atoms with Crippen molar-refractivity contribution < 1.29 is 22.4 Å². The Bertz CT molecular complexity index is 1110. The van der Waals surface area contributed by atoms with Gasteiger partial charge in [0.05, 0.1) is 12.0 Å². The average Bonchev–Trinajstić information content (AvgIpc) is 3.27. The van der Waals surface area contributed by atoms with E-state index in [1.807, 2.05) is 6.07 Å². The van der Waals surface area contributed by atoms with Gasteiger partial charge in [-0.1, -0.05) is 17.7 Å². The molecule has 0 saturated carbocycles. The number of carbonyl (C=O) groups excluding carboxylic acids is 2. The lowest BCUT2D eigenvalue weighted by Gasteiger charge is -2.41. The Balaban J connectivity index is 1.36. The SMILES string of the molecule is N#CC1CN(S(=O)(=O)N2CCN[C@H](C(=O)N3CCC[C@@H]3C(=O)NCc3ccc(Cl)cc3F)C2)C1. The van der Waals surface area contributed by atoms with Crippen LogP contribution < -0.4 is 10.6 Å². The van der Waals surface area contributed by atoms with E-state index in [2.05, 4.69) is 10.6 Å². The number of benzene rings is 1. The van der Waals surface area contributed by atoms with E-state index >= 15 is 0 Å². The molecule has 0 unspecified atom stereocenters. The van der Waals surface area contributed by atoms with Crippen LogP contribution in [0.3, 0.4) is 0 Å². The molecule has 0 radical (unpaired) electrons. The Morgan fingerprint density at radius 1 is 1.24 bits per heavy atom. The van der Waals surface area contributed by atoms with Crippen LogP contribution in [0.5, 0.6) is 0 Å². The highest BCUT2D eigenvalue weighted by molar-refractivity contribution is 7.86. The minimum Gasteiger partial charge on any atom is -0.350 e. The minimum absolute atomic E-state index is 0.0341. The first-order chi connectivity index (χ1) is 16.2. The third-order valence-corrected chi connectivity index (χ3v) is 8.60. The van der Waals surface area contributed by atoms with Gasteiger partial charge < -0.3 is 15.5 Å². The summed E-state index contributed by atoms with van der Waals surface area (Å²) in [5, 5.41) is 14.9. The first kappa shape index (κ1) is 24.8. The molecule has 2 N–H and O–H groups in total. The predicted molar refractivity (Wildman–Crippen MR) is 121 cm³/mol. The van der Waals surface area contributed by atoms with Gasteiger partial charge in [-0.05, 0) is 25.0 Å². The number of likely N-dealkylation sites (tertiary alicyclic amines) is 1. The van der Waals surface area contributed by atoms with Crippen LogP contribution in [-0.4, -0.2) is 85.1 Å².